The van der Waals surface area contributed by atoms with E-state index in [0.717, 1.165) is 0 Å². The average molecular weight is 558 g/mol. The van der Waals surface area contributed by atoms with Crippen molar-refractivity contribution in [2.75, 3.05) is 46.6 Å². The molecule has 2 heterocycles. The average Bonchev–Trinajstić information content (AvgIpc) is 3.40. The van der Waals surface area contributed by atoms with Crippen LogP contribution in [0.5, 0.6) is 11.5 Å². The number of likely N-dealkylation sites (N-methyl/N-ethyl adjacent to an activating group) is 1. The van der Waals surface area contributed by atoms with Gasteiger partial charge in [0.1, 0.15) is 24.9 Å². The van der Waals surface area contributed by atoms with Gasteiger partial charge in [-0.15, -0.1) is 0 Å². The molecule has 220 valence electrons. The third kappa shape index (κ3) is 6.99. The Balaban J connectivity index is 2.10. The minimum absolute atomic E-state index is 0.00297. The van der Waals surface area contributed by atoms with Gasteiger partial charge in [0.15, 0.2) is 16.9 Å². The maximum atomic E-state index is 12.2. The molecule has 7 N–H and O–H groups in total. The minimum atomic E-state index is -2.33. The van der Waals surface area contributed by atoms with Crippen molar-refractivity contribution in [2.24, 2.45) is 5.92 Å². The molecule has 5 atom stereocenters. The first-order chi connectivity index (χ1) is 18.7. The van der Waals surface area contributed by atoms with E-state index in [4.69, 9.17) is 23.4 Å². The molecule has 0 saturated carbocycles. The van der Waals surface area contributed by atoms with Crippen LogP contribution in [0.3, 0.4) is 0 Å². The maximum Gasteiger partial charge on any atom is 0.306 e. The fourth-order valence-electron chi connectivity index (χ4n) is 4.54. The van der Waals surface area contributed by atoms with E-state index in [9.17, 15) is 35.4 Å². The van der Waals surface area contributed by atoms with Crippen LogP contribution in [-0.4, -0.2) is 113 Å². The molecule has 1 saturated heterocycles. The van der Waals surface area contributed by atoms with E-state index >= 15 is 0 Å². The first kappa shape index (κ1) is 31.0. The van der Waals surface area contributed by atoms with Crippen LogP contribution < -0.4 is 14.8 Å². The third-order valence-electron chi connectivity index (χ3n) is 6.69. The molecular weight excluding hydrogens is 518 g/mol. The molecule has 0 spiro atoms. The second-order valence-electron chi connectivity index (χ2n) is 9.46. The first-order valence-electron chi connectivity index (χ1n) is 12.9. The number of esters is 1. The van der Waals surface area contributed by atoms with Crippen molar-refractivity contribution < 1.29 is 58.8 Å². The summed E-state index contributed by atoms with van der Waals surface area (Å²) in [4.78, 5) is 12.2. The summed E-state index contributed by atoms with van der Waals surface area (Å²) in [5.41, 5.74) is -1.53. The number of aryl methyl sites for hydroxylation is 1. The zero-order chi connectivity index (χ0) is 28.6. The van der Waals surface area contributed by atoms with Crippen LogP contribution in [0.1, 0.15) is 25.3 Å². The highest BCUT2D eigenvalue weighted by Gasteiger charge is 2.57. The Kier molecular flexibility index (Phi) is 11.3. The van der Waals surface area contributed by atoms with Crippen molar-refractivity contribution in [1.82, 2.24) is 5.32 Å². The fraction of sp³-hybridized carbons (Fsp3) is 0.654. The monoisotopic (exact) mass is 557 g/mol. The van der Waals surface area contributed by atoms with Gasteiger partial charge < -0.3 is 59.3 Å². The lowest BCUT2D eigenvalue weighted by atomic mass is 9.80. The molecule has 13 nitrogen and oxygen atoms in total. The van der Waals surface area contributed by atoms with E-state index in [1.54, 1.807) is 26.1 Å². The lowest BCUT2D eigenvalue weighted by Crippen LogP contribution is -2.68. The number of benzene rings is 1. The summed E-state index contributed by atoms with van der Waals surface area (Å²) in [6.07, 6.45) is -5.41. The number of aliphatic hydroxyl groups excluding tert-OH is 5. The number of carbonyl (C=O) groups excluding carboxylic acids is 1. The number of rotatable bonds is 15. The van der Waals surface area contributed by atoms with Crippen LogP contribution in [0.25, 0.3) is 11.0 Å². The van der Waals surface area contributed by atoms with Crippen LogP contribution in [0, 0.1) is 5.92 Å². The van der Waals surface area contributed by atoms with E-state index in [2.05, 4.69) is 5.32 Å². The number of hydrogen-bond acceptors (Lipinski definition) is 13. The first-order valence-corrected chi connectivity index (χ1v) is 12.9. The summed E-state index contributed by atoms with van der Waals surface area (Å²) in [7, 11) is 1.75. The highest BCUT2D eigenvalue weighted by atomic mass is 16.7. The number of fused-ring (bicyclic) bond motifs is 1. The van der Waals surface area contributed by atoms with Gasteiger partial charge in [0.05, 0.1) is 19.5 Å². The van der Waals surface area contributed by atoms with Crippen molar-refractivity contribution in [3.8, 4) is 11.5 Å². The van der Waals surface area contributed by atoms with Gasteiger partial charge in [-0.05, 0) is 44.5 Å². The lowest BCUT2D eigenvalue weighted by molar-refractivity contribution is -0.325. The summed E-state index contributed by atoms with van der Waals surface area (Å²) in [5, 5.41) is 65.7. The largest absolute Gasteiger partial charge is 0.485 e. The number of aliphatic hydroxyl groups is 6. The molecule has 0 aliphatic carbocycles. The highest BCUT2D eigenvalue weighted by Crippen LogP contribution is 2.44. The van der Waals surface area contributed by atoms with Gasteiger partial charge in [-0.1, -0.05) is 0 Å². The summed E-state index contributed by atoms with van der Waals surface area (Å²) in [6.45, 7) is 0.809. The van der Waals surface area contributed by atoms with Gasteiger partial charge in [0.25, 0.3) is 0 Å². The van der Waals surface area contributed by atoms with Gasteiger partial charge in [0, 0.05) is 37.5 Å². The molecule has 1 fully saturated rings. The Bertz CT molecular complexity index is 1060. The lowest BCUT2D eigenvalue weighted by Gasteiger charge is -2.48. The van der Waals surface area contributed by atoms with Crippen molar-refractivity contribution in [3.05, 3.63) is 24.0 Å². The van der Waals surface area contributed by atoms with E-state index in [1.165, 1.54) is 6.26 Å². The zero-order valence-electron chi connectivity index (χ0n) is 22.1. The number of furan rings is 1. The van der Waals surface area contributed by atoms with Crippen LogP contribution in [0.4, 0.5) is 0 Å². The predicted molar refractivity (Wildman–Crippen MR) is 136 cm³/mol. The van der Waals surface area contributed by atoms with E-state index in [1.807, 2.05) is 0 Å². The second kappa shape index (κ2) is 14.2. The molecule has 1 aromatic heterocycles. The SMILES string of the molecule is CCOC(=O)CCc1cc2ccoc2c(OCCNC)c1O[C@@H]1O[C@H](CO)[C@@H](O)[C@H](O)[C@]1(O)CC(CO)CO. The van der Waals surface area contributed by atoms with Crippen molar-refractivity contribution in [1.29, 1.82) is 0 Å². The molecule has 0 radical (unpaired) electrons. The Morgan fingerprint density at radius 3 is 2.59 bits per heavy atom. The Labute approximate surface area is 225 Å². The van der Waals surface area contributed by atoms with Gasteiger partial charge >= 0.3 is 5.97 Å². The topological polar surface area (TPSA) is 201 Å². The van der Waals surface area contributed by atoms with Gasteiger partial charge in [-0.25, -0.2) is 0 Å². The third-order valence-corrected chi connectivity index (χ3v) is 6.69. The predicted octanol–water partition coefficient (Wildman–Crippen LogP) is -0.933. The summed E-state index contributed by atoms with van der Waals surface area (Å²) in [6, 6.07) is 3.43. The fourth-order valence-corrected chi connectivity index (χ4v) is 4.54. The zero-order valence-corrected chi connectivity index (χ0v) is 22.1. The molecule has 0 bridgehead atoms. The van der Waals surface area contributed by atoms with Crippen molar-refractivity contribution >= 4 is 16.9 Å². The Morgan fingerprint density at radius 1 is 1.21 bits per heavy atom. The summed E-state index contributed by atoms with van der Waals surface area (Å²) >= 11 is 0. The second-order valence-corrected chi connectivity index (χ2v) is 9.46. The van der Waals surface area contributed by atoms with Crippen LogP contribution in [-0.2, 0) is 20.7 Å². The molecule has 3 rings (SSSR count). The number of carbonyl (C=O) groups is 1. The van der Waals surface area contributed by atoms with E-state index in [0.29, 0.717) is 23.1 Å². The molecule has 1 aliphatic rings. The van der Waals surface area contributed by atoms with Crippen molar-refractivity contribution in [3.63, 3.8) is 0 Å². The number of ether oxygens (including phenoxy) is 4. The molecular formula is C26H39NO12. The van der Waals surface area contributed by atoms with Crippen LogP contribution in [0.2, 0.25) is 0 Å². The number of hydrogen-bond donors (Lipinski definition) is 7. The molecule has 0 amide bonds. The Hall–Kier alpha value is -2.49. The van der Waals surface area contributed by atoms with Gasteiger partial charge in [-0.3, -0.25) is 4.79 Å². The summed E-state index contributed by atoms with van der Waals surface area (Å²) < 4.78 is 28.6. The Morgan fingerprint density at radius 2 is 1.95 bits per heavy atom. The maximum absolute atomic E-state index is 12.2. The highest BCUT2D eigenvalue weighted by molar-refractivity contribution is 5.87. The summed E-state index contributed by atoms with van der Waals surface area (Å²) in [5.74, 6) is -1.13. The minimum Gasteiger partial charge on any atom is -0.485 e. The van der Waals surface area contributed by atoms with Gasteiger partial charge in [0.2, 0.25) is 12.0 Å². The standard InChI is InChI=1S/C26H39NO12/c1-3-35-19(31)5-4-16-10-17-6-8-36-21(17)23(37-9-7-27-2)22(16)39-25-26(34,11-15(12-28)13-29)24(33)20(32)18(14-30)38-25/h6,8,10,15,18,20,24-25,27-30,32-34H,3-5,7,9,11-14H2,1-2H3/t18-,20-,24+,25+,26-/m1/s1. The molecule has 1 aliphatic heterocycles. The molecule has 13 heteroatoms. The van der Waals surface area contributed by atoms with Crippen LogP contribution >= 0.6 is 0 Å². The number of nitrogens with one attached hydrogen (secondary N) is 1. The van der Waals surface area contributed by atoms with Crippen LogP contribution in [0.15, 0.2) is 22.8 Å². The van der Waals surface area contributed by atoms with E-state index in [-0.39, 0.29) is 37.6 Å². The van der Waals surface area contributed by atoms with Crippen molar-refractivity contribution in [2.45, 2.75) is 56.4 Å². The quantitative estimate of drug-likeness (QED) is 0.105. The van der Waals surface area contributed by atoms with Gasteiger partial charge in [-0.2, -0.15) is 0 Å². The molecule has 39 heavy (non-hydrogen) atoms. The molecule has 1 aromatic carbocycles. The smallest absolute Gasteiger partial charge is 0.306 e. The normalized spacial score (nSPS) is 25.3. The van der Waals surface area contributed by atoms with E-state index < -0.39 is 68.3 Å². The molecule has 2 aromatic rings. The molecule has 0 unspecified atom stereocenters.